The average molecular weight is 219 g/mol. The summed E-state index contributed by atoms with van der Waals surface area (Å²) in [5, 5.41) is 2.84. The summed E-state index contributed by atoms with van der Waals surface area (Å²) in [4.78, 5) is 0. The van der Waals surface area contributed by atoms with E-state index in [0.717, 1.165) is 6.42 Å². The molecule has 0 spiro atoms. The van der Waals surface area contributed by atoms with Gasteiger partial charge in [0.25, 0.3) is 0 Å². The Morgan fingerprint density at radius 1 is 1.00 bits per heavy atom. The lowest BCUT2D eigenvalue weighted by Gasteiger charge is -1.93. The van der Waals surface area contributed by atoms with E-state index in [1.807, 2.05) is 0 Å². The van der Waals surface area contributed by atoms with Gasteiger partial charge in [0, 0.05) is 4.47 Å². The van der Waals surface area contributed by atoms with Crippen molar-refractivity contribution >= 4 is 27.1 Å². The minimum atomic E-state index is 1.14. The summed E-state index contributed by atoms with van der Waals surface area (Å²) in [7, 11) is 0. The lowest BCUT2D eigenvalue weighted by molar-refractivity contribution is 1.48. The molecule has 2 aliphatic carbocycles. The monoisotopic (exact) mass is 218 g/mol. The summed E-state index contributed by atoms with van der Waals surface area (Å²) in [6.07, 6.45) is 5.60. The number of hydrogen-bond acceptors (Lipinski definition) is 0. The lowest BCUT2D eigenvalue weighted by Crippen LogP contribution is -2.24. The maximum absolute atomic E-state index is 3.49. The van der Waals surface area contributed by atoms with E-state index in [1.165, 1.54) is 26.1 Å². The highest BCUT2D eigenvalue weighted by Gasteiger charge is 2.14. The van der Waals surface area contributed by atoms with Crippen molar-refractivity contribution in [3.8, 4) is 0 Å². The van der Waals surface area contributed by atoms with Crippen molar-refractivity contribution in [2.45, 2.75) is 6.42 Å². The van der Waals surface area contributed by atoms with Crippen LogP contribution in [0.2, 0.25) is 0 Å². The molecule has 0 aromatic heterocycles. The van der Waals surface area contributed by atoms with E-state index in [1.54, 1.807) is 0 Å². The van der Waals surface area contributed by atoms with Crippen LogP contribution in [0, 0.1) is 0 Å². The van der Waals surface area contributed by atoms with Crippen LogP contribution in [-0.4, -0.2) is 0 Å². The number of rotatable bonds is 0. The molecule has 0 saturated heterocycles. The minimum absolute atomic E-state index is 1.14. The van der Waals surface area contributed by atoms with Crippen molar-refractivity contribution in [1.82, 2.24) is 0 Å². The number of halogens is 1. The Morgan fingerprint density at radius 3 is 2.58 bits per heavy atom. The molecule has 1 aromatic carbocycles. The van der Waals surface area contributed by atoms with Gasteiger partial charge in [0.15, 0.2) is 0 Å². The second kappa shape index (κ2) is 2.11. The SMILES string of the molecule is Brc1ccc2c(c1)=C1C=CC=2C1. The number of benzene rings is 1. The highest BCUT2D eigenvalue weighted by Crippen LogP contribution is 2.24. The van der Waals surface area contributed by atoms with Gasteiger partial charge >= 0.3 is 0 Å². The molecule has 0 saturated carbocycles. The zero-order chi connectivity index (χ0) is 8.13. The summed E-state index contributed by atoms with van der Waals surface area (Å²) in [5.41, 5.74) is 2.95. The summed E-state index contributed by atoms with van der Waals surface area (Å²) in [5.74, 6) is 0. The molecule has 0 heterocycles. The van der Waals surface area contributed by atoms with E-state index >= 15 is 0 Å². The van der Waals surface area contributed by atoms with Crippen molar-refractivity contribution in [2.24, 2.45) is 0 Å². The molecule has 0 aliphatic heterocycles. The van der Waals surface area contributed by atoms with E-state index in [4.69, 9.17) is 0 Å². The Labute approximate surface area is 79.0 Å². The second-order valence-corrected chi connectivity index (χ2v) is 4.17. The van der Waals surface area contributed by atoms with Gasteiger partial charge in [0.05, 0.1) is 0 Å². The quantitative estimate of drug-likeness (QED) is 0.623. The van der Waals surface area contributed by atoms with Gasteiger partial charge in [-0.2, -0.15) is 0 Å². The van der Waals surface area contributed by atoms with E-state index in [0.29, 0.717) is 0 Å². The van der Waals surface area contributed by atoms with Crippen LogP contribution in [0.1, 0.15) is 6.42 Å². The molecule has 3 rings (SSSR count). The van der Waals surface area contributed by atoms with Crippen molar-refractivity contribution in [2.75, 3.05) is 0 Å². The van der Waals surface area contributed by atoms with E-state index in [2.05, 4.69) is 46.3 Å². The average Bonchev–Trinajstić information content (AvgIpc) is 2.63. The van der Waals surface area contributed by atoms with Gasteiger partial charge in [-0.3, -0.25) is 0 Å². The Bertz CT molecular complexity index is 506. The van der Waals surface area contributed by atoms with Crippen LogP contribution < -0.4 is 10.4 Å². The van der Waals surface area contributed by atoms with Gasteiger partial charge in [-0.25, -0.2) is 0 Å². The Balaban J connectivity index is 2.60. The fourth-order valence-corrected chi connectivity index (χ4v) is 2.32. The molecular weight excluding hydrogens is 212 g/mol. The summed E-state index contributed by atoms with van der Waals surface area (Å²) in [6.45, 7) is 0. The molecule has 12 heavy (non-hydrogen) atoms. The predicted molar refractivity (Wildman–Crippen MR) is 54.0 cm³/mol. The van der Waals surface area contributed by atoms with Gasteiger partial charge in [0.1, 0.15) is 0 Å². The smallest absolute Gasteiger partial charge is 0.0181 e. The summed E-state index contributed by atoms with van der Waals surface area (Å²) < 4.78 is 1.18. The molecular formula is C11H7Br. The molecule has 1 aromatic rings. The van der Waals surface area contributed by atoms with Gasteiger partial charge in [0.2, 0.25) is 0 Å². The molecule has 0 radical (unpaired) electrons. The number of fused-ring (bicyclic) bond motifs is 3. The van der Waals surface area contributed by atoms with Crippen LogP contribution in [0.3, 0.4) is 0 Å². The Kier molecular flexibility index (Phi) is 1.17. The molecule has 0 N–H and O–H groups in total. The summed E-state index contributed by atoms with van der Waals surface area (Å²) >= 11 is 3.49. The Morgan fingerprint density at radius 2 is 1.75 bits per heavy atom. The molecule has 1 heteroatoms. The van der Waals surface area contributed by atoms with Crippen LogP contribution in [0.25, 0.3) is 11.1 Å². The van der Waals surface area contributed by atoms with Crippen molar-refractivity contribution in [3.63, 3.8) is 0 Å². The van der Waals surface area contributed by atoms with Crippen LogP contribution in [0.15, 0.2) is 34.8 Å². The number of allylic oxidation sites excluding steroid dienone is 2. The summed E-state index contributed by atoms with van der Waals surface area (Å²) in [6, 6.07) is 6.52. The van der Waals surface area contributed by atoms with Crippen LogP contribution in [0.5, 0.6) is 0 Å². The maximum Gasteiger partial charge on any atom is 0.0181 e. The molecule has 0 amide bonds. The first-order valence-corrected chi connectivity index (χ1v) is 4.84. The molecule has 2 bridgehead atoms. The molecule has 58 valence electrons. The van der Waals surface area contributed by atoms with Crippen molar-refractivity contribution < 1.29 is 0 Å². The zero-order valence-corrected chi connectivity index (χ0v) is 8.06. The van der Waals surface area contributed by atoms with Crippen LogP contribution in [-0.2, 0) is 0 Å². The first-order valence-electron chi connectivity index (χ1n) is 4.04. The zero-order valence-electron chi connectivity index (χ0n) is 6.47. The molecule has 0 fully saturated rings. The largest absolute Gasteiger partial charge is 0.0578 e. The highest BCUT2D eigenvalue weighted by atomic mass is 79.9. The second-order valence-electron chi connectivity index (χ2n) is 3.25. The van der Waals surface area contributed by atoms with E-state index in [-0.39, 0.29) is 0 Å². The standard InChI is InChI=1S/C11H7Br/c12-9-3-4-10-7-1-2-8(5-7)11(10)6-9/h1-4,6H,5H2. The fourth-order valence-electron chi connectivity index (χ4n) is 1.96. The maximum atomic E-state index is 3.49. The van der Waals surface area contributed by atoms with Crippen LogP contribution >= 0.6 is 15.9 Å². The first-order chi connectivity index (χ1) is 5.84. The minimum Gasteiger partial charge on any atom is -0.0578 e. The van der Waals surface area contributed by atoms with E-state index in [9.17, 15) is 0 Å². The fraction of sp³-hybridized carbons (Fsp3) is 0.0909. The third-order valence-electron chi connectivity index (χ3n) is 2.54. The van der Waals surface area contributed by atoms with Gasteiger partial charge < -0.3 is 0 Å². The first kappa shape index (κ1) is 6.67. The topological polar surface area (TPSA) is 0 Å². The number of hydrogen-bond donors (Lipinski definition) is 0. The van der Waals surface area contributed by atoms with Gasteiger partial charge in [-0.05, 0) is 40.1 Å². The lowest BCUT2D eigenvalue weighted by atomic mass is 10.1. The van der Waals surface area contributed by atoms with Gasteiger partial charge in [-0.15, -0.1) is 0 Å². The predicted octanol–water partition coefficient (Wildman–Crippen LogP) is 1.72. The van der Waals surface area contributed by atoms with Crippen molar-refractivity contribution in [3.05, 3.63) is 45.3 Å². The highest BCUT2D eigenvalue weighted by molar-refractivity contribution is 9.10. The molecule has 0 atom stereocenters. The van der Waals surface area contributed by atoms with Crippen LogP contribution in [0.4, 0.5) is 0 Å². The molecule has 0 nitrogen and oxygen atoms in total. The van der Waals surface area contributed by atoms with Crippen molar-refractivity contribution in [1.29, 1.82) is 0 Å². The Hall–Kier alpha value is -0.820. The van der Waals surface area contributed by atoms with E-state index < -0.39 is 0 Å². The van der Waals surface area contributed by atoms with Gasteiger partial charge in [-0.1, -0.05) is 34.1 Å². The normalized spacial score (nSPS) is 17.4. The molecule has 2 aliphatic rings. The molecule has 0 unspecified atom stereocenters. The third kappa shape index (κ3) is 0.721. The third-order valence-corrected chi connectivity index (χ3v) is 3.03.